The van der Waals surface area contributed by atoms with Crippen molar-refractivity contribution in [1.29, 1.82) is 0 Å². The summed E-state index contributed by atoms with van der Waals surface area (Å²) in [6.45, 7) is 5.99. The van der Waals surface area contributed by atoms with E-state index in [1.807, 2.05) is 17.9 Å². The molecule has 39 heavy (non-hydrogen) atoms. The number of aryl methyl sites for hydroxylation is 1. The lowest BCUT2D eigenvalue weighted by Gasteiger charge is -2.32. The van der Waals surface area contributed by atoms with Crippen molar-refractivity contribution in [2.75, 3.05) is 49.5 Å². The first-order valence-corrected chi connectivity index (χ1v) is 14.0. The van der Waals surface area contributed by atoms with Gasteiger partial charge >= 0.3 is 0 Å². The molecule has 2 aromatic rings. The number of hydrogen-bond acceptors (Lipinski definition) is 8. The Kier molecular flexibility index (Phi) is 10.3. The third kappa shape index (κ3) is 7.98. The zero-order valence-corrected chi connectivity index (χ0v) is 22.7. The number of nitrogens with one attached hydrogen (secondary N) is 2. The Labute approximate surface area is 230 Å². The van der Waals surface area contributed by atoms with Crippen LogP contribution in [-0.4, -0.2) is 94.6 Å². The van der Waals surface area contributed by atoms with Crippen LogP contribution in [0.15, 0.2) is 36.4 Å². The Morgan fingerprint density at radius 2 is 1.59 bits per heavy atom. The smallest absolute Gasteiger partial charge is 0.257 e. The van der Waals surface area contributed by atoms with Crippen molar-refractivity contribution in [3.05, 3.63) is 53.1 Å². The van der Waals surface area contributed by atoms with Gasteiger partial charge in [0, 0.05) is 32.7 Å². The van der Waals surface area contributed by atoms with E-state index < -0.39 is 12.0 Å². The van der Waals surface area contributed by atoms with Gasteiger partial charge in [-0.1, -0.05) is 18.2 Å². The lowest BCUT2D eigenvalue weighted by molar-refractivity contribution is 0.0472. The van der Waals surface area contributed by atoms with Gasteiger partial charge in [-0.3, -0.25) is 9.59 Å². The maximum Gasteiger partial charge on any atom is 0.257 e. The number of pyridine rings is 1. The summed E-state index contributed by atoms with van der Waals surface area (Å²) in [5.74, 6) is 0.473. The Bertz CT molecular complexity index is 1120. The van der Waals surface area contributed by atoms with Gasteiger partial charge in [0.2, 0.25) is 0 Å². The number of aliphatic hydroxyl groups excluding tert-OH is 3. The van der Waals surface area contributed by atoms with Crippen molar-refractivity contribution in [3.8, 4) is 0 Å². The van der Waals surface area contributed by atoms with E-state index in [2.05, 4.69) is 15.6 Å². The molecular weight excluding hydrogens is 498 g/mol. The molecule has 3 atom stereocenters. The molecule has 3 aliphatic rings. The number of anilines is 2. The van der Waals surface area contributed by atoms with Crippen molar-refractivity contribution in [2.45, 2.75) is 63.8 Å². The average molecular weight is 540 g/mol. The number of hydrogen-bond donors (Lipinski definition) is 5. The van der Waals surface area contributed by atoms with Gasteiger partial charge < -0.3 is 35.8 Å². The number of aromatic nitrogens is 1. The molecule has 0 saturated carbocycles. The third-order valence-electron chi connectivity index (χ3n) is 7.36. The molecule has 0 spiro atoms. The SMILES string of the molecule is Cc1ccc(NC(=O)c2ccccc2C(=O)N2CCCC(O)C2)nc1N1CCCC(O)C1.OC1CCCNC1. The van der Waals surface area contributed by atoms with Gasteiger partial charge in [-0.25, -0.2) is 4.98 Å². The minimum Gasteiger partial charge on any atom is -0.392 e. The van der Waals surface area contributed by atoms with Crippen LogP contribution < -0.4 is 15.5 Å². The number of β-amino-alcohol motifs (C(OH)–C–C–N with tert-alkyl or cyclic N) is 3. The van der Waals surface area contributed by atoms with Crippen LogP contribution in [0.5, 0.6) is 0 Å². The second kappa shape index (κ2) is 13.8. The summed E-state index contributed by atoms with van der Waals surface area (Å²) in [5.41, 5.74) is 1.55. The number of benzene rings is 1. The zero-order valence-electron chi connectivity index (χ0n) is 22.7. The molecule has 0 aliphatic carbocycles. The molecule has 3 saturated heterocycles. The molecule has 1 aromatic heterocycles. The van der Waals surface area contributed by atoms with Crippen LogP contribution in [0.3, 0.4) is 0 Å². The topological polar surface area (TPSA) is 138 Å². The second-order valence-electron chi connectivity index (χ2n) is 10.6. The van der Waals surface area contributed by atoms with Crippen LogP contribution >= 0.6 is 0 Å². The molecule has 10 nitrogen and oxygen atoms in total. The molecule has 4 heterocycles. The highest BCUT2D eigenvalue weighted by molar-refractivity contribution is 6.12. The molecule has 3 aliphatic heterocycles. The van der Waals surface area contributed by atoms with E-state index in [0.29, 0.717) is 30.9 Å². The highest BCUT2D eigenvalue weighted by Crippen LogP contribution is 2.24. The molecule has 0 bridgehead atoms. The fourth-order valence-electron chi connectivity index (χ4n) is 5.25. The predicted octanol–water partition coefficient (Wildman–Crippen LogP) is 1.93. The molecular formula is C29H41N5O5. The maximum absolute atomic E-state index is 13.1. The van der Waals surface area contributed by atoms with Crippen LogP contribution in [0.25, 0.3) is 0 Å². The number of amides is 2. The van der Waals surface area contributed by atoms with Crippen molar-refractivity contribution in [3.63, 3.8) is 0 Å². The summed E-state index contributed by atoms with van der Waals surface area (Å²) in [4.78, 5) is 34.4. The molecule has 5 rings (SSSR count). The highest BCUT2D eigenvalue weighted by atomic mass is 16.3. The van der Waals surface area contributed by atoms with E-state index in [-0.39, 0.29) is 30.2 Å². The average Bonchev–Trinajstić information content (AvgIpc) is 2.94. The molecule has 5 N–H and O–H groups in total. The van der Waals surface area contributed by atoms with E-state index in [0.717, 1.165) is 63.1 Å². The van der Waals surface area contributed by atoms with Crippen LogP contribution in [0.2, 0.25) is 0 Å². The van der Waals surface area contributed by atoms with Gasteiger partial charge in [-0.15, -0.1) is 0 Å². The van der Waals surface area contributed by atoms with E-state index in [1.54, 1.807) is 35.2 Å². The summed E-state index contributed by atoms with van der Waals surface area (Å²) in [6.07, 6.45) is 4.21. The number of nitrogens with zero attached hydrogens (tertiary/aromatic N) is 3. The normalized spacial score (nSPS) is 23.4. The molecule has 1 aromatic carbocycles. The Balaban J connectivity index is 0.000000438. The number of carbonyl (C=O) groups excluding carboxylic acids is 2. The largest absolute Gasteiger partial charge is 0.392 e. The van der Waals surface area contributed by atoms with Crippen molar-refractivity contribution in [1.82, 2.24) is 15.2 Å². The summed E-state index contributed by atoms with van der Waals surface area (Å²) in [6, 6.07) is 10.3. The minimum absolute atomic E-state index is 0.0752. The lowest BCUT2D eigenvalue weighted by Crippen LogP contribution is -2.42. The molecule has 10 heteroatoms. The second-order valence-corrected chi connectivity index (χ2v) is 10.6. The number of rotatable bonds is 4. The van der Waals surface area contributed by atoms with Gasteiger partial charge in [-0.05, 0) is 75.8 Å². The summed E-state index contributed by atoms with van der Waals surface area (Å²) < 4.78 is 0. The standard InChI is InChI=1S/C24H30N4O4.C5H11NO/c1-16-10-11-21(25-22(16)27-12-4-6-17(29)14-27)26-23(31)19-8-2-3-9-20(19)24(32)28-13-5-7-18(30)15-28;7-5-2-1-3-6-4-5/h2-3,8-11,17-18,29-30H,4-7,12-15H2,1H3,(H,25,26,31);5-7H,1-4H2. The fraction of sp³-hybridized carbons (Fsp3) is 0.552. The number of likely N-dealkylation sites (tertiary alicyclic amines) is 1. The van der Waals surface area contributed by atoms with Crippen molar-refractivity contribution < 1.29 is 24.9 Å². The van der Waals surface area contributed by atoms with Gasteiger partial charge in [0.05, 0.1) is 29.4 Å². The zero-order chi connectivity index (χ0) is 27.8. The monoisotopic (exact) mass is 539 g/mol. The summed E-state index contributed by atoms with van der Waals surface area (Å²) in [7, 11) is 0. The lowest BCUT2D eigenvalue weighted by atomic mass is 10.0. The molecule has 3 fully saturated rings. The van der Waals surface area contributed by atoms with Gasteiger partial charge in [-0.2, -0.15) is 0 Å². The Hall–Kier alpha value is -3.05. The predicted molar refractivity (Wildman–Crippen MR) is 150 cm³/mol. The van der Waals surface area contributed by atoms with E-state index in [4.69, 9.17) is 5.11 Å². The van der Waals surface area contributed by atoms with Crippen LogP contribution in [0.1, 0.15) is 64.8 Å². The number of piperidine rings is 3. The van der Waals surface area contributed by atoms with E-state index in [1.165, 1.54) is 0 Å². The van der Waals surface area contributed by atoms with Crippen molar-refractivity contribution in [2.24, 2.45) is 0 Å². The molecule has 212 valence electrons. The molecule has 2 amide bonds. The molecule has 3 unspecified atom stereocenters. The van der Waals surface area contributed by atoms with Crippen molar-refractivity contribution >= 4 is 23.5 Å². The molecule has 0 radical (unpaired) electrons. The first kappa shape index (κ1) is 28.9. The van der Waals surface area contributed by atoms with Crippen LogP contribution in [0, 0.1) is 6.92 Å². The Morgan fingerprint density at radius 3 is 2.23 bits per heavy atom. The first-order chi connectivity index (χ1) is 18.8. The quantitative estimate of drug-likeness (QED) is 0.397. The van der Waals surface area contributed by atoms with Gasteiger partial charge in [0.1, 0.15) is 11.6 Å². The van der Waals surface area contributed by atoms with Gasteiger partial charge in [0.25, 0.3) is 11.8 Å². The first-order valence-electron chi connectivity index (χ1n) is 14.0. The Morgan fingerprint density at radius 1 is 0.897 bits per heavy atom. The van der Waals surface area contributed by atoms with E-state index >= 15 is 0 Å². The van der Waals surface area contributed by atoms with Crippen LogP contribution in [-0.2, 0) is 0 Å². The summed E-state index contributed by atoms with van der Waals surface area (Å²) >= 11 is 0. The van der Waals surface area contributed by atoms with Crippen LogP contribution in [0.4, 0.5) is 11.6 Å². The third-order valence-corrected chi connectivity index (χ3v) is 7.36. The highest BCUT2D eigenvalue weighted by Gasteiger charge is 2.26. The maximum atomic E-state index is 13.1. The summed E-state index contributed by atoms with van der Waals surface area (Å²) in [5, 5.41) is 34.7. The number of carbonyl (C=O) groups is 2. The minimum atomic E-state index is -0.530. The van der Waals surface area contributed by atoms with E-state index in [9.17, 15) is 19.8 Å². The number of aliphatic hydroxyl groups is 3. The fourth-order valence-corrected chi connectivity index (χ4v) is 5.25. The van der Waals surface area contributed by atoms with Gasteiger partial charge in [0.15, 0.2) is 0 Å².